The summed E-state index contributed by atoms with van der Waals surface area (Å²) >= 11 is 0. The van der Waals surface area contributed by atoms with Crippen molar-refractivity contribution in [2.24, 2.45) is 0 Å². The van der Waals surface area contributed by atoms with Crippen molar-refractivity contribution in [2.45, 2.75) is 90.8 Å². The maximum atomic E-state index is 13.5. The van der Waals surface area contributed by atoms with E-state index in [4.69, 9.17) is 4.74 Å². The minimum atomic E-state index is -5.00. The third-order valence-electron chi connectivity index (χ3n) is 7.50. The lowest BCUT2D eigenvalue weighted by atomic mass is 9.91. The van der Waals surface area contributed by atoms with Crippen LogP contribution in [0.4, 0.5) is 36.8 Å². The number of hydrogen-bond donors (Lipinski definition) is 0. The molecule has 0 saturated heterocycles. The van der Waals surface area contributed by atoms with Gasteiger partial charge in [0.15, 0.2) is 0 Å². The van der Waals surface area contributed by atoms with Gasteiger partial charge in [-0.2, -0.15) is 26.3 Å². The lowest BCUT2D eigenvalue weighted by Gasteiger charge is -2.34. The van der Waals surface area contributed by atoms with Crippen molar-refractivity contribution in [3.8, 4) is 0 Å². The molecule has 0 saturated carbocycles. The number of alkyl halides is 6. The molecular weight excluding hydrogens is 538 g/mol. The molecule has 2 amide bonds. The summed E-state index contributed by atoms with van der Waals surface area (Å²) in [4.78, 5) is 29.0. The van der Waals surface area contributed by atoms with Crippen molar-refractivity contribution in [3.05, 3.63) is 63.2 Å². The van der Waals surface area contributed by atoms with E-state index in [2.05, 4.69) is 0 Å². The number of anilines is 1. The summed E-state index contributed by atoms with van der Waals surface area (Å²) in [6.07, 6.45) is -7.56. The molecule has 4 rings (SSSR count). The van der Waals surface area contributed by atoms with Gasteiger partial charge in [-0.05, 0) is 98.9 Å². The number of rotatable bonds is 4. The first-order chi connectivity index (χ1) is 18.6. The van der Waals surface area contributed by atoms with Crippen molar-refractivity contribution < 1.29 is 40.7 Å². The van der Waals surface area contributed by atoms with Crippen LogP contribution in [-0.4, -0.2) is 29.5 Å². The number of hydrogen-bond acceptors (Lipinski definition) is 3. The molecule has 218 valence electrons. The molecule has 1 aliphatic carbocycles. The van der Waals surface area contributed by atoms with Gasteiger partial charge in [0.2, 0.25) is 5.91 Å². The van der Waals surface area contributed by atoms with Crippen LogP contribution in [0.5, 0.6) is 0 Å². The van der Waals surface area contributed by atoms with Crippen LogP contribution in [0.15, 0.2) is 24.3 Å². The van der Waals surface area contributed by atoms with Crippen LogP contribution in [0.25, 0.3) is 0 Å². The van der Waals surface area contributed by atoms with E-state index in [-0.39, 0.29) is 17.7 Å². The van der Waals surface area contributed by atoms with E-state index in [0.717, 1.165) is 36.0 Å². The molecule has 2 aromatic rings. The lowest BCUT2D eigenvalue weighted by molar-refractivity contribution is -0.143. The fourth-order valence-corrected chi connectivity index (χ4v) is 5.81. The predicted molar refractivity (Wildman–Crippen MR) is 137 cm³/mol. The molecule has 0 radical (unpaired) electrons. The first-order valence-electron chi connectivity index (χ1n) is 13.3. The lowest BCUT2D eigenvalue weighted by Crippen LogP contribution is -2.35. The molecule has 2 aromatic carbocycles. The molecule has 1 aliphatic heterocycles. The fraction of sp³-hybridized carbons (Fsp3) is 0.517. The van der Waals surface area contributed by atoms with Crippen molar-refractivity contribution in [3.63, 3.8) is 0 Å². The number of nitrogens with zero attached hydrogens (tertiary/aromatic N) is 2. The molecule has 40 heavy (non-hydrogen) atoms. The summed E-state index contributed by atoms with van der Waals surface area (Å²) in [6.45, 7) is 6.45. The quantitative estimate of drug-likeness (QED) is 0.353. The highest BCUT2D eigenvalue weighted by Crippen LogP contribution is 2.44. The Labute approximate surface area is 229 Å². The van der Waals surface area contributed by atoms with Gasteiger partial charge in [-0.25, -0.2) is 4.79 Å². The molecule has 2 aliphatic rings. The smallest absolute Gasteiger partial charge is 0.416 e. The highest BCUT2D eigenvalue weighted by Gasteiger charge is 2.39. The summed E-state index contributed by atoms with van der Waals surface area (Å²) < 4.78 is 86.6. The van der Waals surface area contributed by atoms with Crippen molar-refractivity contribution in [1.29, 1.82) is 0 Å². The number of fused-ring (bicyclic) bond motifs is 2. The summed E-state index contributed by atoms with van der Waals surface area (Å²) in [5.41, 5.74) is 1.16. The van der Waals surface area contributed by atoms with Crippen LogP contribution < -0.4 is 4.90 Å². The minimum Gasteiger partial charge on any atom is -0.446 e. The monoisotopic (exact) mass is 570 g/mol. The van der Waals surface area contributed by atoms with Crippen LogP contribution in [0.1, 0.15) is 85.0 Å². The standard InChI is InChI=1S/C29H32F6N2O3/c1-16(2)40-27(39)36-10-6-9-25(24-13-20-7-5-8-23(20)17(3)26(24)36)37(18(4)38)15-19-11-21(28(30,31)32)14-22(12-19)29(33,34)35/h11-14,16,25H,5-10,15H2,1-4H3. The summed E-state index contributed by atoms with van der Waals surface area (Å²) in [7, 11) is 0. The molecule has 1 heterocycles. The second-order valence-electron chi connectivity index (χ2n) is 10.7. The van der Waals surface area contributed by atoms with E-state index in [1.807, 2.05) is 13.0 Å². The molecule has 0 spiro atoms. The number of carbonyl (C=O) groups is 2. The van der Waals surface area contributed by atoms with Gasteiger partial charge in [-0.3, -0.25) is 9.69 Å². The molecule has 11 heteroatoms. The Morgan fingerprint density at radius 2 is 1.62 bits per heavy atom. The van der Waals surface area contributed by atoms with Gasteiger partial charge < -0.3 is 9.64 Å². The first kappa shape index (κ1) is 29.7. The van der Waals surface area contributed by atoms with Crippen molar-refractivity contribution >= 4 is 17.7 Å². The number of amides is 2. The Morgan fingerprint density at radius 3 is 2.17 bits per heavy atom. The molecule has 0 fully saturated rings. The predicted octanol–water partition coefficient (Wildman–Crippen LogP) is 7.76. The zero-order chi connectivity index (χ0) is 29.6. The zero-order valence-electron chi connectivity index (χ0n) is 22.8. The minimum absolute atomic E-state index is 0.0768. The van der Waals surface area contributed by atoms with Gasteiger partial charge in [0.25, 0.3) is 0 Å². The molecule has 0 bridgehead atoms. The molecular formula is C29H32F6N2O3. The van der Waals surface area contributed by atoms with Gasteiger partial charge >= 0.3 is 18.4 Å². The number of halogens is 6. The SMILES string of the molecule is CC(=O)N(Cc1cc(C(F)(F)F)cc(C(F)(F)F)c1)C1CCCN(C(=O)OC(C)C)c2c1cc1c(c2C)CCC1. The molecule has 0 N–H and O–H groups in total. The average Bonchev–Trinajstić information content (AvgIpc) is 3.22. The van der Waals surface area contributed by atoms with Gasteiger partial charge in [-0.15, -0.1) is 0 Å². The Morgan fingerprint density at radius 1 is 1.00 bits per heavy atom. The van der Waals surface area contributed by atoms with Crippen molar-refractivity contribution in [1.82, 2.24) is 4.90 Å². The van der Waals surface area contributed by atoms with E-state index in [1.165, 1.54) is 11.8 Å². The summed E-state index contributed by atoms with van der Waals surface area (Å²) in [5.74, 6) is -0.502. The van der Waals surface area contributed by atoms with Crippen LogP contribution in [0.3, 0.4) is 0 Å². The van der Waals surface area contributed by atoms with Crippen LogP contribution in [0, 0.1) is 6.92 Å². The third-order valence-corrected chi connectivity index (χ3v) is 7.50. The number of aryl methyl sites for hydroxylation is 1. The third kappa shape index (κ3) is 6.07. The van der Waals surface area contributed by atoms with Gasteiger partial charge in [0.05, 0.1) is 29.0 Å². The second-order valence-corrected chi connectivity index (χ2v) is 10.7. The Bertz CT molecular complexity index is 1270. The van der Waals surface area contributed by atoms with Crippen molar-refractivity contribution in [2.75, 3.05) is 11.4 Å². The maximum Gasteiger partial charge on any atom is 0.416 e. The van der Waals surface area contributed by atoms with Gasteiger partial charge in [0, 0.05) is 20.0 Å². The Balaban J connectivity index is 1.83. The molecule has 5 nitrogen and oxygen atoms in total. The second kappa shape index (κ2) is 11.0. The molecule has 0 aromatic heterocycles. The Hall–Kier alpha value is -3.24. The van der Waals surface area contributed by atoms with Gasteiger partial charge in [-0.1, -0.05) is 6.07 Å². The van der Waals surface area contributed by atoms with E-state index in [9.17, 15) is 35.9 Å². The highest BCUT2D eigenvalue weighted by molar-refractivity contribution is 5.91. The number of carbonyl (C=O) groups excluding carboxylic acids is 2. The van der Waals surface area contributed by atoms with E-state index in [1.54, 1.807) is 18.7 Å². The van der Waals surface area contributed by atoms with Gasteiger partial charge in [0.1, 0.15) is 0 Å². The normalized spacial score (nSPS) is 17.4. The van der Waals surface area contributed by atoms with Crippen LogP contribution in [0.2, 0.25) is 0 Å². The zero-order valence-corrected chi connectivity index (χ0v) is 22.8. The Kier molecular flexibility index (Phi) is 8.15. The summed E-state index contributed by atoms with van der Waals surface area (Å²) in [6, 6.07) is 2.66. The number of ether oxygens (including phenoxy) is 1. The molecule has 1 atom stereocenters. The fourth-order valence-electron chi connectivity index (χ4n) is 5.81. The maximum absolute atomic E-state index is 13.5. The van der Waals surface area contributed by atoms with Crippen LogP contribution >= 0.6 is 0 Å². The summed E-state index contributed by atoms with van der Waals surface area (Å²) in [5, 5.41) is 0. The average molecular weight is 571 g/mol. The first-order valence-corrected chi connectivity index (χ1v) is 13.3. The van der Waals surface area contributed by atoms with Crippen LogP contribution in [-0.2, 0) is 41.3 Å². The highest BCUT2D eigenvalue weighted by atomic mass is 19.4. The molecule has 1 unspecified atom stereocenters. The number of benzene rings is 2. The topological polar surface area (TPSA) is 49.9 Å². The largest absolute Gasteiger partial charge is 0.446 e. The van der Waals surface area contributed by atoms with E-state index in [0.29, 0.717) is 42.8 Å². The van der Waals surface area contributed by atoms with E-state index < -0.39 is 48.1 Å². The van der Waals surface area contributed by atoms with E-state index >= 15 is 0 Å².